The van der Waals surface area contributed by atoms with Crippen molar-refractivity contribution in [2.45, 2.75) is 6.17 Å². The maximum atomic E-state index is 12.7. The molecule has 0 bridgehead atoms. The highest BCUT2D eigenvalue weighted by Crippen LogP contribution is 2.36. The predicted molar refractivity (Wildman–Crippen MR) is 85.9 cm³/mol. The van der Waals surface area contributed by atoms with Crippen LogP contribution in [0.3, 0.4) is 0 Å². The molecule has 120 valence electrons. The molecule has 0 radical (unpaired) electrons. The fourth-order valence-electron chi connectivity index (χ4n) is 2.89. The van der Waals surface area contributed by atoms with Crippen molar-refractivity contribution >= 4 is 17.5 Å². The number of imidazole rings is 1. The lowest BCUT2D eigenvalue weighted by Crippen LogP contribution is -2.51. The Kier molecular flexibility index (Phi) is 3.77. The highest BCUT2D eigenvalue weighted by Gasteiger charge is 2.38. The first-order valence-electron chi connectivity index (χ1n) is 7.35. The molecule has 7 nitrogen and oxygen atoms in total. The number of anilines is 1. The number of nitrogens with zero attached hydrogens (tertiary/aromatic N) is 4. The Labute approximate surface area is 134 Å². The van der Waals surface area contributed by atoms with Crippen LogP contribution in [0.2, 0.25) is 0 Å². The first kappa shape index (κ1) is 15.1. The lowest BCUT2D eigenvalue weighted by atomic mass is 10.1. The number of hydrogen-bond acceptors (Lipinski definition) is 4. The number of carbonyl (C=O) groups is 2. The molecule has 3 rings (SSSR count). The Hall–Kier alpha value is -2.83. The Morgan fingerprint density at radius 1 is 1.30 bits per heavy atom. The van der Waals surface area contributed by atoms with Crippen molar-refractivity contribution in [2.24, 2.45) is 7.05 Å². The summed E-state index contributed by atoms with van der Waals surface area (Å²) in [5.41, 5.74) is 1.33. The van der Waals surface area contributed by atoms with Crippen LogP contribution >= 0.6 is 0 Å². The second-order valence-electron chi connectivity index (χ2n) is 5.50. The van der Waals surface area contributed by atoms with Crippen LogP contribution in [0.4, 0.5) is 5.69 Å². The molecule has 0 fully saturated rings. The maximum Gasteiger partial charge on any atom is 0.257 e. The monoisotopic (exact) mass is 313 g/mol. The summed E-state index contributed by atoms with van der Waals surface area (Å²) >= 11 is 0. The molecular formula is C16H19N5O2. The van der Waals surface area contributed by atoms with Gasteiger partial charge in [-0.3, -0.25) is 9.59 Å². The molecule has 0 aliphatic carbocycles. The molecule has 2 amide bonds. The van der Waals surface area contributed by atoms with Gasteiger partial charge in [0, 0.05) is 33.5 Å². The number of benzene rings is 1. The van der Waals surface area contributed by atoms with Gasteiger partial charge >= 0.3 is 0 Å². The summed E-state index contributed by atoms with van der Waals surface area (Å²) in [6.45, 7) is 0.142. The summed E-state index contributed by atoms with van der Waals surface area (Å²) in [6, 6.07) is 7.33. The fraction of sp³-hybridized carbons (Fsp3) is 0.312. The van der Waals surface area contributed by atoms with Crippen molar-refractivity contribution in [1.29, 1.82) is 0 Å². The molecule has 0 saturated heterocycles. The molecule has 1 unspecified atom stereocenters. The quantitative estimate of drug-likeness (QED) is 0.908. The van der Waals surface area contributed by atoms with Crippen LogP contribution in [0.25, 0.3) is 0 Å². The van der Waals surface area contributed by atoms with Crippen molar-refractivity contribution in [2.75, 3.05) is 25.5 Å². The number of hydrogen-bond donors (Lipinski definition) is 1. The number of rotatable bonds is 3. The van der Waals surface area contributed by atoms with E-state index in [1.807, 2.05) is 40.9 Å². The van der Waals surface area contributed by atoms with Crippen molar-refractivity contribution in [3.63, 3.8) is 0 Å². The first-order chi connectivity index (χ1) is 11.0. The van der Waals surface area contributed by atoms with E-state index < -0.39 is 6.17 Å². The van der Waals surface area contributed by atoms with E-state index in [2.05, 4.69) is 10.3 Å². The van der Waals surface area contributed by atoms with Gasteiger partial charge in [0.2, 0.25) is 5.91 Å². The minimum atomic E-state index is -0.435. The van der Waals surface area contributed by atoms with Crippen LogP contribution in [0.5, 0.6) is 0 Å². The molecule has 1 aromatic carbocycles. The topological polar surface area (TPSA) is 70.5 Å². The van der Waals surface area contributed by atoms with Crippen molar-refractivity contribution in [3.8, 4) is 0 Å². The standard InChI is InChI=1S/C16H19N5O2/c1-17-13(22)10-21-12-7-5-4-6-11(12)16(23)20(3)15(21)14-18-8-9-19(14)2/h4-9,15H,10H2,1-3H3,(H,17,22). The van der Waals surface area contributed by atoms with Gasteiger partial charge in [-0.2, -0.15) is 0 Å². The molecule has 1 aromatic heterocycles. The highest BCUT2D eigenvalue weighted by atomic mass is 16.2. The van der Waals surface area contributed by atoms with Crippen LogP contribution in [0, 0.1) is 0 Å². The number of fused-ring (bicyclic) bond motifs is 1. The normalized spacial score (nSPS) is 17.2. The summed E-state index contributed by atoms with van der Waals surface area (Å²) in [6.07, 6.45) is 3.08. The molecule has 1 aliphatic heterocycles. The Balaban J connectivity index is 2.14. The van der Waals surface area contributed by atoms with Gasteiger partial charge in [0.25, 0.3) is 5.91 Å². The van der Waals surface area contributed by atoms with E-state index >= 15 is 0 Å². The van der Waals surface area contributed by atoms with E-state index in [9.17, 15) is 9.59 Å². The molecule has 2 aromatic rings. The molecule has 2 heterocycles. The van der Waals surface area contributed by atoms with Gasteiger partial charge in [0.05, 0.1) is 17.8 Å². The Bertz CT molecular complexity index is 754. The maximum absolute atomic E-state index is 12.7. The Morgan fingerprint density at radius 2 is 2.04 bits per heavy atom. The number of amides is 2. The third kappa shape index (κ3) is 2.44. The number of aryl methyl sites for hydroxylation is 1. The van der Waals surface area contributed by atoms with Gasteiger partial charge in [-0.05, 0) is 12.1 Å². The van der Waals surface area contributed by atoms with Gasteiger partial charge in [-0.1, -0.05) is 12.1 Å². The molecule has 1 aliphatic rings. The van der Waals surface area contributed by atoms with E-state index in [0.29, 0.717) is 11.4 Å². The minimum Gasteiger partial charge on any atom is -0.358 e. The smallest absolute Gasteiger partial charge is 0.257 e. The summed E-state index contributed by atoms with van der Waals surface area (Å²) in [5, 5.41) is 2.64. The third-order valence-corrected chi connectivity index (χ3v) is 4.11. The zero-order valence-electron chi connectivity index (χ0n) is 13.4. The molecule has 1 atom stereocenters. The second kappa shape index (κ2) is 5.75. The lowest BCUT2D eigenvalue weighted by Gasteiger charge is -2.43. The zero-order valence-corrected chi connectivity index (χ0v) is 13.4. The molecule has 1 N–H and O–H groups in total. The summed E-state index contributed by atoms with van der Waals surface area (Å²) in [7, 11) is 5.20. The first-order valence-corrected chi connectivity index (χ1v) is 7.35. The number of para-hydroxylation sites is 1. The van der Waals surface area contributed by atoms with Crippen LogP contribution in [0.1, 0.15) is 22.3 Å². The zero-order chi connectivity index (χ0) is 16.6. The minimum absolute atomic E-state index is 0.0817. The number of aromatic nitrogens is 2. The second-order valence-corrected chi connectivity index (χ2v) is 5.50. The molecule has 23 heavy (non-hydrogen) atoms. The van der Waals surface area contributed by atoms with E-state index in [1.54, 1.807) is 31.3 Å². The van der Waals surface area contributed by atoms with Crippen molar-refractivity contribution < 1.29 is 9.59 Å². The average molecular weight is 313 g/mol. The average Bonchev–Trinajstić information content (AvgIpc) is 2.98. The van der Waals surface area contributed by atoms with Gasteiger partial charge in [-0.15, -0.1) is 0 Å². The van der Waals surface area contributed by atoms with Crippen LogP contribution in [-0.4, -0.2) is 46.9 Å². The van der Waals surface area contributed by atoms with Crippen LogP contribution < -0.4 is 10.2 Å². The van der Waals surface area contributed by atoms with Gasteiger partial charge in [-0.25, -0.2) is 4.98 Å². The van der Waals surface area contributed by atoms with Crippen molar-refractivity contribution in [1.82, 2.24) is 19.8 Å². The molecule has 0 spiro atoms. The predicted octanol–water partition coefficient (Wildman–Crippen LogP) is 0.757. The highest BCUT2D eigenvalue weighted by molar-refractivity contribution is 6.02. The van der Waals surface area contributed by atoms with E-state index in [-0.39, 0.29) is 18.4 Å². The summed E-state index contributed by atoms with van der Waals surface area (Å²) in [5.74, 6) is 0.503. The van der Waals surface area contributed by atoms with E-state index in [1.165, 1.54) is 0 Å². The largest absolute Gasteiger partial charge is 0.358 e. The van der Waals surface area contributed by atoms with Gasteiger partial charge < -0.3 is 19.7 Å². The van der Waals surface area contributed by atoms with Gasteiger partial charge in [0.15, 0.2) is 12.0 Å². The van der Waals surface area contributed by atoms with Gasteiger partial charge in [0.1, 0.15) is 0 Å². The number of likely N-dealkylation sites (N-methyl/N-ethyl adjacent to an activating group) is 1. The molecule has 7 heteroatoms. The number of carbonyl (C=O) groups excluding carboxylic acids is 2. The van der Waals surface area contributed by atoms with E-state index in [4.69, 9.17) is 0 Å². The van der Waals surface area contributed by atoms with Crippen LogP contribution in [0.15, 0.2) is 36.7 Å². The summed E-state index contributed by atoms with van der Waals surface area (Å²) in [4.78, 5) is 32.6. The fourth-order valence-corrected chi connectivity index (χ4v) is 2.89. The Morgan fingerprint density at radius 3 is 2.70 bits per heavy atom. The lowest BCUT2D eigenvalue weighted by molar-refractivity contribution is -0.119. The van der Waals surface area contributed by atoms with Crippen LogP contribution in [-0.2, 0) is 11.8 Å². The van der Waals surface area contributed by atoms with Crippen molar-refractivity contribution in [3.05, 3.63) is 48.0 Å². The van der Waals surface area contributed by atoms with E-state index in [0.717, 1.165) is 5.69 Å². The third-order valence-electron chi connectivity index (χ3n) is 4.11. The SMILES string of the molecule is CNC(=O)CN1c2ccccc2C(=O)N(C)C1c1nccn1C. The number of nitrogens with one attached hydrogen (secondary N) is 1. The summed E-state index contributed by atoms with van der Waals surface area (Å²) < 4.78 is 1.86. The molecular weight excluding hydrogens is 294 g/mol. The molecule has 0 saturated carbocycles.